The lowest BCUT2D eigenvalue weighted by atomic mass is 10.1. The molecule has 0 atom stereocenters. The van der Waals surface area contributed by atoms with Gasteiger partial charge in [0.25, 0.3) is 0 Å². The van der Waals surface area contributed by atoms with Crippen molar-refractivity contribution >= 4 is 6.21 Å². The van der Waals surface area contributed by atoms with Crippen molar-refractivity contribution in [2.75, 3.05) is 6.61 Å². The zero-order chi connectivity index (χ0) is 8.04. The van der Waals surface area contributed by atoms with Gasteiger partial charge in [-0.25, -0.2) is 0 Å². The molecule has 0 aliphatic heterocycles. The largest absolute Gasteiger partial charge is 0.370 e. The molecule has 0 aliphatic rings. The molecule has 1 N–H and O–H groups in total. The highest BCUT2D eigenvalue weighted by Crippen LogP contribution is 2.13. The Morgan fingerprint density at radius 3 is 2.60 bits per heavy atom. The Hall–Kier alpha value is -0.630. The second-order valence-electron chi connectivity index (χ2n) is 2.77. The Bertz CT molecular complexity index is 118. The molecule has 58 valence electrons. The van der Waals surface area contributed by atoms with E-state index in [1.165, 1.54) is 6.21 Å². The van der Waals surface area contributed by atoms with E-state index < -0.39 is 0 Å². The maximum atomic E-state index is 6.74. The van der Waals surface area contributed by atoms with Gasteiger partial charge in [-0.2, -0.15) is 0 Å². The summed E-state index contributed by atoms with van der Waals surface area (Å²) in [5.41, 5.74) is -0.167. The first-order valence-electron chi connectivity index (χ1n) is 3.36. The first kappa shape index (κ1) is 9.37. The summed E-state index contributed by atoms with van der Waals surface area (Å²) in [5.74, 6) is 0. The molecule has 0 amide bonds. The second kappa shape index (κ2) is 4.23. The normalized spacial score (nSPS) is 11.0. The van der Waals surface area contributed by atoms with Gasteiger partial charge < -0.3 is 10.1 Å². The molecule has 2 nitrogen and oxygen atoms in total. The highest BCUT2D eigenvalue weighted by atomic mass is 16.5. The van der Waals surface area contributed by atoms with Crippen LogP contribution in [0.15, 0.2) is 12.7 Å². The Morgan fingerprint density at radius 1 is 1.60 bits per heavy atom. The fraction of sp³-hybridized carbons (Fsp3) is 0.625. The first-order chi connectivity index (χ1) is 4.62. The van der Waals surface area contributed by atoms with E-state index in [1.54, 1.807) is 0 Å². The van der Waals surface area contributed by atoms with E-state index in [4.69, 9.17) is 10.1 Å². The van der Waals surface area contributed by atoms with Gasteiger partial charge in [-0.15, -0.1) is 6.58 Å². The molecule has 0 heterocycles. The van der Waals surface area contributed by atoms with Gasteiger partial charge in [-0.3, -0.25) is 0 Å². The fourth-order valence-electron chi connectivity index (χ4n) is 0.674. The highest BCUT2D eigenvalue weighted by molar-refractivity contribution is 5.54. The molecule has 2 heteroatoms. The van der Waals surface area contributed by atoms with Crippen LogP contribution in [-0.2, 0) is 4.74 Å². The number of nitrogens with one attached hydrogen (secondary N) is 1. The van der Waals surface area contributed by atoms with Crippen LogP contribution >= 0.6 is 0 Å². The van der Waals surface area contributed by atoms with Gasteiger partial charge in [0, 0.05) is 6.21 Å². The summed E-state index contributed by atoms with van der Waals surface area (Å²) in [6.07, 6.45) is 3.90. The van der Waals surface area contributed by atoms with Crippen LogP contribution in [0.5, 0.6) is 0 Å². The van der Waals surface area contributed by atoms with E-state index in [0.29, 0.717) is 6.61 Å². The van der Waals surface area contributed by atoms with E-state index in [9.17, 15) is 0 Å². The summed E-state index contributed by atoms with van der Waals surface area (Å²) in [4.78, 5) is 0. The van der Waals surface area contributed by atoms with Crippen LogP contribution in [0.25, 0.3) is 0 Å². The van der Waals surface area contributed by atoms with Crippen molar-refractivity contribution in [3.63, 3.8) is 0 Å². The maximum Gasteiger partial charge on any atom is 0.0819 e. The number of ether oxygens (including phenoxy) is 1. The molecule has 0 radical (unpaired) electrons. The Morgan fingerprint density at radius 2 is 2.20 bits per heavy atom. The second-order valence-corrected chi connectivity index (χ2v) is 2.77. The van der Waals surface area contributed by atoms with Crippen molar-refractivity contribution in [2.24, 2.45) is 0 Å². The van der Waals surface area contributed by atoms with Crippen LogP contribution in [0.1, 0.15) is 20.3 Å². The Balaban J connectivity index is 3.61. The van der Waals surface area contributed by atoms with Crippen LogP contribution in [0.4, 0.5) is 0 Å². The average molecular weight is 141 g/mol. The maximum absolute atomic E-state index is 6.74. The molecule has 10 heavy (non-hydrogen) atoms. The summed E-state index contributed by atoms with van der Waals surface area (Å²) in [6.45, 7) is 7.98. The van der Waals surface area contributed by atoms with Gasteiger partial charge in [-0.1, -0.05) is 6.08 Å². The smallest absolute Gasteiger partial charge is 0.0819 e. The molecule has 0 spiro atoms. The zero-order valence-corrected chi connectivity index (χ0v) is 6.68. The lowest BCUT2D eigenvalue weighted by Gasteiger charge is -2.22. The molecule has 0 aromatic heterocycles. The van der Waals surface area contributed by atoms with E-state index in [0.717, 1.165) is 6.42 Å². The zero-order valence-electron chi connectivity index (χ0n) is 6.68. The molecule has 0 fully saturated rings. The van der Waals surface area contributed by atoms with Crippen molar-refractivity contribution in [3.05, 3.63) is 12.7 Å². The molecule has 0 unspecified atom stereocenters. The first-order valence-corrected chi connectivity index (χ1v) is 3.36. The molecule has 0 saturated heterocycles. The highest BCUT2D eigenvalue weighted by Gasteiger charge is 2.14. The minimum atomic E-state index is -0.167. The third-order valence-corrected chi connectivity index (χ3v) is 1.19. The Kier molecular flexibility index (Phi) is 3.96. The van der Waals surface area contributed by atoms with Crippen LogP contribution < -0.4 is 0 Å². The quantitative estimate of drug-likeness (QED) is 0.461. The average Bonchev–Trinajstić information content (AvgIpc) is 1.84. The van der Waals surface area contributed by atoms with Gasteiger partial charge in [0.05, 0.1) is 12.2 Å². The fourth-order valence-corrected chi connectivity index (χ4v) is 0.674. The standard InChI is InChI=1S/C8H15NO/c1-4-5-8(2,3)10-7-6-9/h4,6,9H,1,5,7H2,2-3H3. The predicted octanol–water partition coefficient (Wildman–Crippen LogP) is 2.01. The number of hydrogen-bond acceptors (Lipinski definition) is 2. The molecule has 0 rings (SSSR count). The monoisotopic (exact) mass is 141 g/mol. The predicted molar refractivity (Wildman–Crippen MR) is 43.6 cm³/mol. The van der Waals surface area contributed by atoms with Crippen molar-refractivity contribution in [1.29, 1.82) is 5.41 Å². The van der Waals surface area contributed by atoms with Crippen molar-refractivity contribution in [1.82, 2.24) is 0 Å². The van der Waals surface area contributed by atoms with E-state index in [-0.39, 0.29) is 5.60 Å². The third-order valence-electron chi connectivity index (χ3n) is 1.19. The lowest BCUT2D eigenvalue weighted by Crippen LogP contribution is -2.24. The lowest BCUT2D eigenvalue weighted by molar-refractivity contribution is 0.00925. The summed E-state index contributed by atoms with van der Waals surface area (Å²) >= 11 is 0. The van der Waals surface area contributed by atoms with Crippen LogP contribution in [0, 0.1) is 5.41 Å². The van der Waals surface area contributed by atoms with E-state index in [2.05, 4.69) is 6.58 Å². The molecule has 0 aromatic carbocycles. The molecular formula is C8H15NO. The van der Waals surface area contributed by atoms with Gasteiger partial charge >= 0.3 is 0 Å². The molecule has 0 aromatic rings. The molecule has 0 saturated carbocycles. The van der Waals surface area contributed by atoms with E-state index in [1.807, 2.05) is 19.9 Å². The van der Waals surface area contributed by atoms with Crippen LogP contribution in [0.3, 0.4) is 0 Å². The van der Waals surface area contributed by atoms with E-state index >= 15 is 0 Å². The van der Waals surface area contributed by atoms with Gasteiger partial charge in [0.1, 0.15) is 0 Å². The summed E-state index contributed by atoms with van der Waals surface area (Å²) in [6, 6.07) is 0. The number of rotatable bonds is 5. The minimum absolute atomic E-state index is 0.167. The van der Waals surface area contributed by atoms with Crippen molar-refractivity contribution in [2.45, 2.75) is 25.9 Å². The molecular weight excluding hydrogens is 126 g/mol. The van der Waals surface area contributed by atoms with Crippen LogP contribution in [0.2, 0.25) is 0 Å². The molecule has 0 bridgehead atoms. The van der Waals surface area contributed by atoms with Crippen LogP contribution in [-0.4, -0.2) is 18.4 Å². The summed E-state index contributed by atoms with van der Waals surface area (Å²) < 4.78 is 5.30. The number of hydrogen-bond donors (Lipinski definition) is 1. The van der Waals surface area contributed by atoms with Crippen molar-refractivity contribution < 1.29 is 4.74 Å². The minimum Gasteiger partial charge on any atom is -0.370 e. The van der Waals surface area contributed by atoms with Gasteiger partial charge in [0.2, 0.25) is 0 Å². The van der Waals surface area contributed by atoms with Gasteiger partial charge in [-0.05, 0) is 20.3 Å². The molecule has 0 aliphatic carbocycles. The van der Waals surface area contributed by atoms with Crippen molar-refractivity contribution in [3.8, 4) is 0 Å². The Labute approximate surface area is 62.4 Å². The summed E-state index contributed by atoms with van der Waals surface area (Å²) in [5, 5.41) is 6.74. The SMILES string of the molecule is C=CCC(C)(C)OCC=N. The summed E-state index contributed by atoms with van der Waals surface area (Å²) in [7, 11) is 0. The third kappa shape index (κ3) is 4.27. The van der Waals surface area contributed by atoms with Gasteiger partial charge in [0.15, 0.2) is 0 Å². The topological polar surface area (TPSA) is 33.1 Å².